The third-order valence-electron chi connectivity index (χ3n) is 1.89. The molecule has 5 heteroatoms. The van der Waals surface area contributed by atoms with Gasteiger partial charge in [0, 0.05) is 6.42 Å². The lowest BCUT2D eigenvalue weighted by atomic mass is 10.3. The molecule has 0 atom stereocenters. The highest BCUT2D eigenvalue weighted by Gasteiger charge is 2.15. The summed E-state index contributed by atoms with van der Waals surface area (Å²) in [5.41, 5.74) is 5.56. The summed E-state index contributed by atoms with van der Waals surface area (Å²) in [6.07, 6.45) is 0.861. The van der Waals surface area contributed by atoms with Gasteiger partial charge in [0.2, 0.25) is 5.76 Å². The molecular formula is C9H9IN2O2. The minimum atomic E-state index is 0.398. The van der Waals surface area contributed by atoms with Gasteiger partial charge in [-0.25, -0.2) is 0 Å². The molecule has 2 aromatic rings. The Bertz CT molecular complexity index is 447. The van der Waals surface area contributed by atoms with E-state index < -0.39 is 0 Å². The standard InChI is InChI=1S/C9H9IN2O2/c1-2-5-3-4-6(13-5)8-7(10)9(11)12-14-8/h3-4H,2H2,1H3,(H2,11,12). The first-order valence-electron chi connectivity index (χ1n) is 4.22. The molecule has 2 aromatic heterocycles. The van der Waals surface area contributed by atoms with Crippen LogP contribution in [0.3, 0.4) is 0 Å². The number of hydrogen-bond acceptors (Lipinski definition) is 4. The average Bonchev–Trinajstić information content (AvgIpc) is 2.75. The van der Waals surface area contributed by atoms with E-state index in [9.17, 15) is 0 Å². The summed E-state index contributed by atoms with van der Waals surface area (Å²) in [6.45, 7) is 2.03. The topological polar surface area (TPSA) is 65.2 Å². The van der Waals surface area contributed by atoms with Crippen molar-refractivity contribution in [1.29, 1.82) is 0 Å². The van der Waals surface area contributed by atoms with Crippen molar-refractivity contribution in [3.8, 4) is 11.5 Å². The normalized spacial score (nSPS) is 10.7. The molecule has 0 aliphatic carbocycles. The van der Waals surface area contributed by atoms with Crippen LogP contribution < -0.4 is 5.73 Å². The Hall–Kier alpha value is -0.980. The van der Waals surface area contributed by atoms with Gasteiger partial charge in [-0.2, -0.15) is 0 Å². The molecule has 0 unspecified atom stereocenters. The Morgan fingerprint density at radius 3 is 2.79 bits per heavy atom. The lowest BCUT2D eigenvalue weighted by Gasteiger charge is -1.90. The molecule has 0 aliphatic heterocycles. The number of aryl methyl sites for hydroxylation is 1. The van der Waals surface area contributed by atoms with Gasteiger partial charge in [-0.15, -0.1) is 0 Å². The number of anilines is 1. The van der Waals surface area contributed by atoms with Gasteiger partial charge < -0.3 is 14.7 Å². The molecule has 0 radical (unpaired) electrons. The minimum absolute atomic E-state index is 0.398. The summed E-state index contributed by atoms with van der Waals surface area (Å²) in [4.78, 5) is 0. The zero-order chi connectivity index (χ0) is 10.1. The van der Waals surface area contributed by atoms with Crippen molar-refractivity contribution in [2.24, 2.45) is 0 Å². The molecule has 0 aromatic carbocycles. The van der Waals surface area contributed by atoms with E-state index in [1.165, 1.54) is 0 Å². The van der Waals surface area contributed by atoms with Crippen LogP contribution in [-0.4, -0.2) is 5.16 Å². The molecule has 0 saturated carbocycles. The summed E-state index contributed by atoms with van der Waals surface area (Å²) in [7, 11) is 0. The van der Waals surface area contributed by atoms with Crippen LogP contribution in [0.2, 0.25) is 0 Å². The third-order valence-corrected chi connectivity index (χ3v) is 2.94. The molecule has 2 rings (SSSR count). The fraction of sp³-hybridized carbons (Fsp3) is 0.222. The maximum Gasteiger partial charge on any atom is 0.217 e. The number of rotatable bonds is 2. The van der Waals surface area contributed by atoms with Crippen molar-refractivity contribution in [2.45, 2.75) is 13.3 Å². The van der Waals surface area contributed by atoms with Crippen LogP contribution in [0.25, 0.3) is 11.5 Å². The molecule has 4 nitrogen and oxygen atoms in total. The monoisotopic (exact) mass is 304 g/mol. The van der Waals surface area contributed by atoms with E-state index >= 15 is 0 Å². The molecule has 0 spiro atoms. The number of hydrogen-bond donors (Lipinski definition) is 1. The molecule has 74 valence electrons. The van der Waals surface area contributed by atoms with E-state index in [1.54, 1.807) is 0 Å². The van der Waals surface area contributed by atoms with Crippen molar-refractivity contribution >= 4 is 28.4 Å². The van der Waals surface area contributed by atoms with Crippen molar-refractivity contribution in [3.63, 3.8) is 0 Å². The number of furan rings is 1. The number of nitrogen functional groups attached to an aromatic ring is 1. The molecule has 2 heterocycles. The third kappa shape index (κ3) is 1.52. The van der Waals surface area contributed by atoms with Crippen LogP contribution in [0.15, 0.2) is 21.1 Å². The molecular weight excluding hydrogens is 295 g/mol. The summed E-state index contributed by atoms with van der Waals surface area (Å²) in [5, 5.41) is 3.66. The zero-order valence-corrected chi connectivity index (χ0v) is 9.74. The summed E-state index contributed by atoms with van der Waals surface area (Å²) >= 11 is 2.08. The number of nitrogens with two attached hydrogens (primary N) is 1. The molecule has 0 bridgehead atoms. The Morgan fingerprint density at radius 1 is 1.50 bits per heavy atom. The van der Waals surface area contributed by atoms with Gasteiger partial charge in [0.15, 0.2) is 11.6 Å². The molecule has 2 N–H and O–H groups in total. The van der Waals surface area contributed by atoms with Gasteiger partial charge in [0.25, 0.3) is 0 Å². The highest BCUT2D eigenvalue weighted by atomic mass is 127. The van der Waals surface area contributed by atoms with Crippen LogP contribution in [-0.2, 0) is 6.42 Å². The predicted molar refractivity (Wildman–Crippen MR) is 60.7 cm³/mol. The smallest absolute Gasteiger partial charge is 0.217 e. The molecule has 0 fully saturated rings. The second-order valence-corrected chi connectivity index (χ2v) is 3.91. The van der Waals surface area contributed by atoms with Gasteiger partial charge in [-0.05, 0) is 34.7 Å². The summed E-state index contributed by atoms with van der Waals surface area (Å²) in [6, 6.07) is 3.78. The Morgan fingerprint density at radius 2 is 2.29 bits per heavy atom. The second kappa shape index (κ2) is 3.64. The Kier molecular flexibility index (Phi) is 2.49. The van der Waals surface area contributed by atoms with Crippen LogP contribution in [0.5, 0.6) is 0 Å². The first kappa shape index (κ1) is 9.57. The van der Waals surface area contributed by atoms with Crippen molar-refractivity contribution < 1.29 is 8.94 Å². The van der Waals surface area contributed by atoms with Crippen LogP contribution in [0, 0.1) is 3.57 Å². The average molecular weight is 304 g/mol. The number of nitrogens with zero attached hydrogens (tertiary/aromatic N) is 1. The van der Waals surface area contributed by atoms with Gasteiger partial charge in [0.05, 0.1) is 0 Å². The fourth-order valence-electron chi connectivity index (χ4n) is 1.13. The maximum absolute atomic E-state index is 5.56. The molecule has 0 aliphatic rings. The SMILES string of the molecule is CCc1ccc(-c2onc(N)c2I)o1. The second-order valence-electron chi connectivity index (χ2n) is 2.83. The zero-order valence-electron chi connectivity index (χ0n) is 7.58. The highest BCUT2D eigenvalue weighted by Crippen LogP contribution is 2.30. The van der Waals surface area contributed by atoms with E-state index in [4.69, 9.17) is 14.7 Å². The molecule has 0 saturated heterocycles. The molecule has 0 amide bonds. The van der Waals surface area contributed by atoms with Crippen LogP contribution in [0.4, 0.5) is 5.82 Å². The fourth-order valence-corrected chi connectivity index (χ4v) is 1.60. The molecule has 14 heavy (non-hydrogen) atoms. The Labute approximate surface area is 94.6 Å². The van der Waals surface area contributed by atoms with Crippen molar-refractivity contribution in [1.82, 2.24) is 5.16 Å². The van der Waals surface area contributed by atoms with Gasteiger partial charge in [-0.3, -0.25) is 0 Å². The van der Waals surface area contributed by atoms with Gasteiger partial charge in [-0.1, -0.05) is 12.1 Å². The van der Waals surface area contributed by atoms with E-state index in [2.05, 4.69) is 27.7 Å². The Balaban J connectivity index is 2.44. The first-order valence-corrected chi connectivity index (χ1v) is 5.30. The van der Waals surface area contributed by atoms with E-state index in [1.807, 2.05) is 19.1 Å². The lowest BCUT2D eigenvalue weighted by Crippen LogP contribution is -1.85. The quantitative estimate of drug-likeness (QED) is 0.866. The van der Waals surface area contributed by atoms with Crippen molar-refractivity contribution in [2.75, 3.05) is 5.73 Å². The lowest BCUT2D eigenvalue weighted by molar-refractivity contribution is 0.416. The van der Waals surface area contributed by atoms with Gasteiger partial charge >= 0.3 is 0 Å². The largest absolute Gasteiger partial charge is 0.458 e. The van der Waals surface area contributed by atoms with Crippen LogP contribution in [0.1, 0.15) is 12.7 Å². The van der Waals surface area contributed by atoms with Crippen molar-refractivity contribution in [3.05, 3.63) is 21.5 Å². The summed E-state index contributed by atoms with van der Waals surface area (Å²) < 4.78 is 11.4. The van der Waals surface area contributed by atoms with E-state index in [0.717, 1.165) is 15.8 Å². The minimum Gasteiger partial charge on any atom is -0.458 e. The van der Waals surface area contributed by atoms with E-state index in [-0.39, 0.29) is 0 Å². The predicted octanol–water partition coefficient (Wildman–Crippen LogP) is 2.68. The van der Waals surface area contributed by atoms with Gasteiger partial charge in [0.1, 0.15) is 9.33 Å². The maximum atomic E-state index is 5.56. The summed E-state index contributed by atoms with van der Waals surface area (Å²) in [5.74, 6) is 2.60. The number of halogens is 1. The van der Waals surface area contributed by atoms with Crippen LogP contribution >= 0.6 is 22.6 Å². The highest BCUT2D eigenvalue weighted by molar-refractivity contribution is 14.1. The number of aromatic nitrogens is 1. The van der Waals surface area contributed by atoms with E-state index in [0.29, 0.717) is 17.3 Å². The first-order chi connectivity index (χ1) is 6.72.